The first-order valence-electron chi connectivity index (χ1n) is 9.51. The first kappa shape index (κ1) is 22.6. The first-order valence-corrected chi connectivity index (χ1v) is 11.0. The molecule has 0 saturated carbocycles. The van der Waals surface area contributed by atoms with E-state index >= 15 is 0 Å². The topological polar surface area (TPSA) is 107 Å². The first-order chi connectivity index (χ1) is 14.6. The molecule has 0 radical (unpaired) electrons. The Labute approximate surface area is 178 Å². The average Bonchev–Trinajstić information content (AvgIpc) is 2.71. The molecule has 164 valence electrons. The highest BCUT2D eigenvalue weighted by Crippen LogP contribution is 2.16. The third-order valence-corrected chi connectivity index (χ3v) is 6.10. The van der Waals surface area contributed by atoms with Gasteiger partial charge in [-0.1, -0.05) is 32.0 Å². The van der Waals surface area contributed by atoms with E-state index in [9.17, 15) is 22.4 Å². The van der Waals surface area contributed by atoms with Crippen LogP contribution in [0.1, 0.15) is 25.1 Å². The minimum Gasteiger partial charge on any atom is -0.458 e. The number of hydrogen-bond donors (Lipinski definition) is 1. The fraction of sp³-hybridized carbons (Fsp3) is 0.286. The number of carbonyl (C=O) groups is 1. The standard InChI is InChI=1S/C21H22FN3O5S/c1-13(2)19(24-31(28,29)17-9-5-4-8-16(17)22)21(27)30-12-15-11-18(26)25-10-6-7-14(3)20(25)23-15/h4-11,13,19,24H,12H2,1-3H3. The van der Waals surface area contributed by atoms with Gasteiger partial charge in [0.15, 0.2) is 0 Å². The lowest BCUT2D eigenvalue weighted by Crippen LogP contribution is -2.45. The van der Waals surface area contributed by atoms with E-state index in [4.69, 9.17) is 4.74 Å². The van der Waals surface area contributed by atoms with Gasteiger partial charge < -0.3 is 4.74 Å². The van der Waals surface area contributed by atoms with Crippen LogP contribution >= 0.6 is 0 Å². The number of ether oxygens (including phenoxy) is 1. The number of sulfonamides is 1. The van der Waals surface area contributed by atoms with Crippen LogP contribution in [0.25, 0.3) is 5.65 Å². The summed E-state index contributed by atoms with van der Waals surface area (Å²) in [6, 6.07) is 8.37. The molecule has 0 aliphatic rings. The summed E-state index contributed by atoms with van der Waals surface area (Å²) < 4.78 is 47.9. The number of benzene rings is 1. The number of nitrogens with one attached hydrogen (secondary N) is 1. The van der Waals surface area contributed by atoms with Crippen molar-refractivity contribution >= 4 is 21.6 Å². The number of aromatic nitrogens is 2. The summed E-state index contributed by atoms with van der Waals surface area (Å²) in [5.74, 6) is -2.27. The predicted molar refractivity (Wildman–Crippen MR) is 111 cm³/mol. The fourth-order valence-electron chi connectivity index (χ4n) is 2.97. The van der Waals surface area contributed by atoms with Gasteiger partial charge in [0.05, 0.1) is 5.69 Å². The zero-order valence-corrected chi connectivity index (χ0v) is 18.0. The maximum atomic E-state index is 13.9. The van der Waals surface area contributed by atoms with Gasteiger partial charge in [-0.3, -0.25) is 14.0 Å². The zero-order chi connectivity index (χ0) is 22.8. The van der Waals surface area contributed by atoms with Gasteiger partial charge in [0.2, 0.25) is 10.0 Å². The lowest BCUT2D eigenvalue weighted by Gasteiger charge is -2.21. The molecule has 1 N–H and O–H groups in total. The molecule has 0 spiro atoms. The number of carbonyl (C=O) groups excluding carboxylic acids is 1. The number of esters is 1. The molecule has 0 aliphatic heterocycles. The Bertz CT molecular complexity index is 1290. The molecule has 8 nitrogen and oxygen atoms in total. The Morgan fingerprint density at radius 2 is 1.94 bits per heavy atom. The highest BCUT2D eigenvalue weighted by Gasteiger charge is 2.31. The van der Waals surface area contributed by atoms with Gasteiger partial charge in [-0.15, -0.1) is 0 Å². The van der Waals surface area contributed by atoms with E-state index in [2.05, 4.69) is 9.71 Å². The minimum atomic E-state index is -4.30. The van der Waals surface area contributed by atoms with Crippen LogP contribution in [0.15, 0.2) is 58.4 Å². The van der Waals surface area contributed by atoms with E-state index in [1.807, 2.05) is 0 Å². The van der Waals surface area contributed by atoms with Gasteiger partial charge in [0, 0.05) is 12.3 Å². The van der Waals surface area contributed by atoms with Crippen molar-refractivity contribution in [3.8, 4) is 0 Å². The SMILES string of the molecule is Cc1cccn2c(=O)cc(COC(=O)C(NS(=O)(=O)c3ccccc3F)C(C)C)nc12. The van der Waals surface area contributed by atoms with E-state index in [1.165, 1.54) is 22.6 Å². The summed E-state index contributed by atoms with van der Waals surface area (Å²) in [5, 5.41) is 0. The molecule has 1 atom stereocenters. The quantitative estimate of drug-likeness (QED) is 0.557. The number of pyridine rings is 1. The van der Waals surface area contributed by atoms with Gasteiger partial charge in [-0.2, -0.15) is 4.72 Å². The molecule has 31 heavy (non-hydrogen) atoms. The van der Waals surface area contributed by atoms with E-state index in [1.54, 1.807) is 39.1 Å². The van der Waals surface area contributed by atoms with E-state index < -0.39 is 38.7 Å². The molecule has 0 amide bonds. The van der Waals surface area contributed by atoms with E-state index in [0.29, 0.717) is 5.65 Å². The smallest absolute Gasteiger partial charge is 0.324 e. The van der Waals surface area contributed by atoms with Crippen LogP contribution in [0.2, 0.25) is 0 Å². The molecular formula is C21H22FN3O5S. The van der Waals surface area contributed by atoms with Crippen molar-refractivity contribution in [2.45, 2.75) is 38.3 Å². The molecule has 0 fully saturated rings. The number of halogens is 1. The lowest BCUT2D eigenvalue weighted by atomic mass is 10.1. The number of aryl methyl sites for hydroxylation is 1. The van der Waals surface area contributed by atoms with Gasteiger partial charge in [0.1, 0.15) is 29.0 Å². The largest absolute Gasteiger partial charge is 0.458 e. The van der Waals surface area contributed by atoms with Crippen molar-refractivity contribution < 1.29 is 22.3 Å². The van der Waals surface area contributed by atoms with E-state index in [-0.39, 0.29) is 17.9 Å². The molecule has 2 heterocycles. The predicted octanol–water partition coefficient (Wildman–Crippen LogP) is 2.19. The summed E-state index contributed by atoms with van der Waals surface area (Å²) in [4.78, 5) is 28.7. The van der Waals surface area contributed by atoms with Crippen LogP contribution in [0.5, 0.6) is 0 Å². The molecule has 3 aromatic rings. The molecule has 0 bridgehead atoms. The molecule has 1 aromatic carbocycles. The minimum absolute atomic E-state index is 0.229. The van der Waals surface area contributed by atoms with E-state index in [0.717, 1.165) is 17.7 Å². The Kier molecular flexibility index (Phi) is 6.51. The van der Waals surface area contributed by atoms with Crippen LogP contribution < -0.4 is 10.3 Å². The molecule has 10 heteroatoms. The maximum Gasteiger partial charge on any atom is 0.324 e. The molecule has 0 aliphatic carbocycles. The number of hydrogen-bond acceptors (Lipinski definition) is 6. The summed E-state index contributed by atoms with van der Waals surface area (Å²) in [7, 11) is -4.30. The van der Waals surface area contributed by atoms with Crippen LogP contribution in [0.4, 0.5) is 4.39 Å². The third kappa shape index (κ3) is 4.97. The van der Waals surface area contributed by atoms with Crippen molar-refractivity contribution in [3.05, 3.63) is 76.1 Å². The highest BCUT2D eigenvalue weighted by atomic mass is 32.2. The fourth-order valence-corrected chi connectivity index (χ4v) is 4.38. The van der Waals surface area contributed by atoms with Crippen LogP contribution in [0.3, 0.4) is 0 Å². The summed E-state index contributed by atoms with van der Waals surface area (Å²) in [6.45, 7) is 4.73. The van der Waals surface area contributed by atoms with Crippen molar-refractivity contribution in [1.29, 1.82) is 0 Å². The molecule has 0 saturated heterocycles. The van der Waals surface area contributed by atoms with Crippen molar-refractivity contribution in [2.75, 3.05) is 0 Å². The molecule has 3 rings (SSSR count). The average molecular weight is 447 g/mol. The normalized spacial score (nSPS) is 12.8. The summed E-state index contributed by atoms with van der Waals surface area (Å²) in [6.07, 6.45) is 1.58. The lowest BCUT2D eigenvalue weighted by molar-refractivity contribution is -0.148. The number of fused-ring (bicyclic) bond motifs is 1. The molecule has 2 aromatic heterocycles. The van der Waals surface area contributed by atoms with Gasteiger partial charge in [-0.05, 0) is 36.6 Å². The Balaban J connectivity index is 1.79. The second-order valence-electron chi connectivity index (χ2n) is 7.35. The summed E-state index contributed by atoms with van der Waals surface area (Å²) >= 11 is 0. The maximum absolute atomic E-state index is 13.9. The highest BCUT2D eigenvalue weighted by molar-refractivity contribution is 7.89. The molecular weight excluding hydrogens is 425 g/mol. The van der Waals surface area contributed by atoms with Crippen LogP contribution in [-0.4, -0.2) is 29.8 Å². The third-order valence-electron chi connectivity index (χ3n) is 4.63. The monoisotopic (exact) mass is 447 g/mol. The number of rotatable bonds is 7. The van der Waals surface area contributed by atoms with Crippen molar-refractivity contribution in [1.82, 2.24) is 14.1 Å². The van der Waals surface area contributed by atoms with Crippen LogP contribution in [-0.2, 0) is 26.2 Å². The molecule has 1 unspecified atom stereocenters. The Morgan fingerprint density at radius 3 is 2.61 bits per heavy atom. The van der Waals surface area contributed by atoms with Crippen LogP contribution in [0, 0.1) is 18.7 Å². The summed E-state index contributed by atoms with van der Waals surface area (Å²) in [5.41, 5.74) is 1.10. The second kappa shape index (κ2) is 8.94. The van der Waals surface area contributed by atoms with Gasteiger partial charge >= 0.3 is 5.97 Å². The van der Waals surface area contributed by atoms with Crippen molar-refractivity contribution in [2.24, 2.45) is 5.92 Å². The Hall–Kier alpha value is -3.11. The van der Waals surface area contributed by atoms with Crippen molar-refractivity contribution in [3.63, 3.8) is 0 Å². The van der Waals surface area contributed by atoms with Gasteiger partial charge in [0.25, 0.3) is 5.56 Å². The number of nitrogens with zero attached hydrogens (tertiary/aromatic N) is 2. The van der Waals surface area contributed by atoms with Gasteiger partial charge in [-0.25, -0.2) is 17.8 Å². The second-order valence-corrected chi connectivity index (χ2v) is 9.03. The zero-order valence-electron chi connectivity index (χ0n) is 17.2. The Morgan fingerprint density at radius 1 is 1.23 bits per heavy atom.